The fourth-order valence-corrected chi connectivity index (χ4v) is 1.84. The molecule has 2 rings (SSSR count). The highest BCUT2D eigenvalue weighted by molar-refractivity contribution is 5.86. The molecule has 0 spiro atoms. The number of benzene rings is 1. The van der Waals surface area contributed by atoms with Crippen LogP contribution in [-0.2, 0) is 9.53 Å². The van der Waals surface area contributed by atoms with Gasteiger partial charge in [-0.25, -0.2) is 4.79 Å². The SMILES string of the molecule is COC(=O)C=Cc1ccc(-c2ccc([N+](=O)[O-])cc2C)o1. The van der Waals surface area contributed by atoms with Crippen LogP contribution in [0.5, 0.6) is 0 Å². The minimum atomic E-state index is -0.473. The molecule has 0 bridgehead atoms. The van der Waals surface area contributed by atoms with Gasteiger partial charge >= 0.3 is 5.97 Å². The molecule has 1 aromatic heterocycles. The molecule has 6 heteroatoms. The lowest BCUT2D eigenvalue weighted by atomic mass is 10.1. The molecule has 2 aromatic rings. The van der Waals surface area contributed by atoms with Gasteiger partial charge in [-0.15, -0.1) is 0 Å². The number of nitro benzene ring substituents is 1. The van der Waals surface area contributed by atoms with E-state index in [4.69, 9.17) is 4.42 Å². The Hall–Kier alpha value is -2.89. The van der Waals surface area contributed by atoms with Crippen LogP contribution in [0.15, 0.2) is 40.8 Å². The second-order valence-corrected chi connectivity index (χ2v) is 4.31. The third kappa shape index (κ3) is 3.36. The van der Waals surface area contributed by atoms with Crippen LogP contribution in [0.4, 0.5) is 5.69 Å². The van der Waals surface area contributed by atoms with E-state index < -0.39 is 10.9 Å². The molecule has 1 heterocycles. The van der Waals surface area contributed by atoms with E-state index in [1.54, 1.807) is 25.1 Å². The maximum absolute atomic E-state index is 11.0. The zero-order chi connectivity index (χ0) is 15.4. The zero-order valence-electron chi connectivity index (χ0n) is 11.5. The first-order valence-electron chi connectivity index (χ1n) is 6.12. The van der Waals surface area contributed by atoms with Crippen molar-refractivity contribution in [3.63, 3.8) is 0 Å². The smallest absolute Gasteiger partial charge is 0.330 e. The van der Waals surface area contributed by atoms with Crippen molar-refractivity contribution >= 4 is 17.7 Å². The second kappa shape index (κ2) is 6.04. The number of esters is 1. The molecule has 21 heavy (non-hydrogen) atoms. The van der Waals surface area contributed by atoms with Gasteiger partial charge in [0.15, 0.2) is 0 Å². The molecule has 0 unspecified atom stereocenters. The molecule has 0 N–H and O–H groups in total. The molecule has 0 fully saturated rings. The molecule has 0 aliphatic heterocycles. The van der Waals surface area contributed by atoms with Gasteiger partial charge in [0.25, 0.3) is 5.69 Å². The lowest BCUT2D eigenvalue weighted by molar-refractivity contribution is -0.384. The predicted octanol–water partition coefficient (Wildman–Crippen LogP) is 3.35. The number of rotatable bonds is 4. The van der Waals surface area contributed by atoms with Gasteiger partial charge in [-0.3, -0.25) is 10.1 Å². The Kier molecular flexibility index (Phi) is 4.18. The van der Waals surface area contributed by atoms with Crippen LogP contribution in [0, 0.1) is 17.0 Å². The van der Waals surface area contributed by atoms with E-state index in [0.717, 1.165) is 11.1 Å². The van der Waals surface area contributed by atoms with Gasteiger partial charge < -0.3 is 9.15 Å². The molecular weight excluding hydrogens is 274 g/mol. The number of non-ortho nitro benzene ring substituents is 1. The van der Waals surface area contributed by atoms with Crippen LogP contribution in [0.3, 0.4) is 0 Å². The van der Waals surface area contributed by atoms with Gasteiger partial charge in [-0.1, -0.05) is 0 Å². The summed E-state index contributed by atoms with van der Waals surface area (Å²) in [6, 6.07) is 8.00. The first-order valence-corrected chi connectivity index (χ1v) is 6.12. The summed E-state index contributed by atoms with van der Waals surface area (Å²) in [6.45, 7) is 1.77. The first kappa shape index (κ1) is 14.5. The number of ether oxygens (including phenoxy) is 1. The van der Waals surface area contributed by atoms with Crippen LogP contribution >= 0.6 is 0 Å². The number of nitrogens with zero attached hydrogens (tertiary/aromatic N) is 1. The Balaban J connectivity index is 2.27. The Morgan fingerprint density at radius 3 is 2.71 bits per heavy atom. The monoisotopic (exact) mass is 287 g/mol. The van der Waals surface area contributed by atoms with Crippen LogP contribution in [0.2, 0.25) is 0 Å². The number of methoxy groups -OCH3 is 1. The number of hydrogen-bond acceptors (Lipinski definition) is 5. The number of carbonyl (C=O) groups is 1. The van der Waals surface area contributed by atoms with Crippen molar-refractivity contribution in [1.82, 2.24) is 0 Å². The fraction of sp³-hybridized carbons (Fsp3) is 0.133. The molecule has 0 saturated carbocycles. The van der Waals surface area contributed by atoms with E-state index in [9.17, 15) is 14.9 Å². The minimum absolute atomic E-state index is 0.0358. The molecule has 0 amide bonds. The first-order chi connectivity index (χ1) is 10.0. The summed E-state index contributed by atoms with van der Waals surface area (Å²) in [5.74, 6) is 0.597. The van der Waals surface area contributed by atoms with Crippen LogP contribution in [-0.4, -0.2) is 18.0 Å². The summed E-state index contributed by atoms with van der Waals surface area (Å²) in [5.41, 5.74) is 1.54. The van der Waals surface area contributed by atoms with E-state index in [1.165, 1.54) is 31.4 Å². The summed E-state index contributed by atoms with van der Waals surface area (Å²) in [6.07, 6.45) is 2.75. The van der Waals surface area contributed by atoms with E-state index in [0.29, 0.717) is 11.5 Å². The lowest BCUT2D eigenvalue weighted by Gasteiger charge is -2.02. The average Bonchev–Trinajstić information content (AvgIpc) is 2.93. The third-order valence-corrected chi connectivity index (χ3v) is 2.90. The number of nitro groups is 1. The van der Waals surface area contributed by atoms with E-state index >= 15 is 0 Å². The molecule has 0 saturated heterocycles. The normalized spacial score (nSPS) is 10.8. The summed E-state index contributed by atoms with van der Waals surface area (Å²) in [7, 11) is 1.29. The summed E-state index contributed by atoms with van der Waals surface area (Å²) >= 11 is 0. The number of hydrogen-bond donors (Lipinski definition) is 0. The van der Waals surface area contributed by atoms with Crippen molar-refractivity contribution in [2.45, 2.75) is 6.92 Å². The molecule has 0 aliphatic carbocycles. The zero-order valence-corrected chi connectivity index (χ0v) is 11.5. The molecular formula is C15H13NO5. The number of carbonyl (C=O) groups excluding carboxylic acids is 1. The van der Waals surface area contributed by atoms with Crippen molar-refractivity contribution in [2.75, 3.05) is 7.11 Å². The van der Waals surface area contributed by atoms with Crippen molar-refractivity contribution in [3.8, 4) is 11.3 Å². The van der Waals surface area contributed by atoms with E-state index in [1.807, 2.05) is 0 Å². The van der Waals surface area contributed by atoms with Gasteiger partial charge in [-0.2, -0.15) is 0 Å². The predicted molar refractivity (Wildman–Crippen MR) is 76.6 cm³/mol. The quantitative estimate of drug-likeness (QED) is 0.372. The van der Waals surface area contributed by atoms with Crippen molar-refractivity contribution in [2.24, 2.45) is 0 Å². The van der Waals surface area contributed by atoms with Crippen molar-refractivity contribution in [1.29, 1.82) is 0 Å². The van der Waals surface area contributed by atoms with E-state index in [-0.39, 0.29) is 5.69 Å². The van der Waals surface area contributed by atoms with Gasteiger partial charge in [-0.05, 0) is 36.8 Å². The molecule has 0 radical (unpaired) electrons. The Bertz CT molecular complexity index is 715. The van der Waals surface area contributed by atoms with Crippen LogP contribution in [0.1, 0.15) is 11.3 Å². The molecule has 108 valence electrons. The highest BCUT2D eigenvalue weighted by atomic mass is 16.6. The topological polar surface area (TPSA) is 82.6 Å². The highest BCUT2D eigenvalue weighted by Gasteiger charge is 2.11. The van der Waals surface area contributed by atoms with Gasteiger partial charge in [0.2, 0.25) is 0 Å². The van der Waals surface area contributed by atoms with Crippen molar-refractivity contribution < 1.29 is 18.9 Å². The van der Waals surface area contributed by atoms with Gasteiger partial charge in [0.1, 0.15) is 11.5 Å². The average molecular weight is 287 g/mol. The minimum Gasteiger partial charge on any atom is -0.466 e. The van der Waals surface area contributed by atoms with E-state index in [2.05, 4.69) is 4.74 Å². The summed E-state index contributed by atoms with van der Waals surface area (Å²) in [5, 5.41) is 10.7. The fourth-order valence-electron chi connectivity index (χ4n) is 1.84. The summed E-state index contributed by atoms with van der Waals surface area (Å²) < 4.78 is 10.1. The molecule has 6 nitrogen and oxygen atoms in total. The third-order valence-electron chi connectivity index (χ3n) is 2.90. The Morgan fingerprint density at radius 1 is 1.33 bits per heavy atom. The Labute approximate surface area is 120 Å². The molecule has 1 aromatic carbocycles. The van der Waals surface area contributed by atoms with Crippen molar-refractivity contribution in [3.05, 3.63) is 57.8 Å². The highest BCUT2D eigenvalue weighted by Crippen LogP contribution is 2.28. The largest absolute Gasteiger partial charge is 0.466 e. The maximum Gasteiger partial charge on any atom is 0.330 e. The molecule has 0 atom stereocenters. The Morgan fingerprint density at radius 2 is 2.10 bits per heavy atom. The number of aryl methyl sites for hydroxylation is 1. The van der Waals surface area contributed by atoms with Crippen LogP contribution in [0.25, 0.3) is 17.4 Å². The standard InChI is InChI=1S/C15H13NO5/c1-10-9-11(16(18)19)3-6-13(10)14-7-4-12(21-14)5-8-15(17)20-2/h3-9H,1-2H3. The lowest BCUT2D eigenvalue weighted by Crippen LogP contribution is -1.92. The second-order valence-electron chi connectivity index (χ2n) is 4.31. The van der Waals surface area contributed by atoms with Gasteiger partial charge in [0.05, 0.1) is 12.0 Å². The maximum atomic E-state index is 11.0. The molecule has 0 aliphatic rings. The van der Waals surface area contributed by atoms with Crippen LogP contribution < -0.4 is 0 Å². The van der Waals surface area contributed by atoms with Gasteiger partial charge in [0, 0.05) is 23.8 Å². The summed E-state index contributed by atoms with van der Waals surface area (Å²) in [4.78, 5) is 21.3. The number of furan rings is 1.